The first-order valence-corrected chi connectivity index (χ1v) is 9.45. The number of hydroxylamine groups is 2. The van der Waals surface area contributed by atoms with E-state index in [9.17, 15) is 14.4 Å². The Morgan fingerprint density at radius 1 is 0.926 bits per heavy atom. The number of hydrogen-bond donors (Lipinski definition) is 0. The molecule has 0 radical (unpaired) electrons. The van der Waals surface area contributed by atoms with Crippen molar-refractivity contribution in [1.82, 2.24) is 9.96 Å². The van der Waals surface area contributed by atoms with Gasteiger partial charge in [0.25, 0.3) is 11.8 Å². The summed E-state index contributed by atoms with van der Waals surface area (Å²) in [6, 6.07) is 10.5. The van der Waals surface area contributed by atoms with Crippen molar-refractivity contribution in [2.24, 2.45) is 0 Å². The second-order valence-corrected chi connectivity index (χ2v) is 6.67. The van der Waals surface area contributed by atoms with Gasteiger partial charge in [-0.25, -0.2) is 4.79 Å². The molecule has 142 valence electrons. The van der Waals surface area contributed by atoms with E-state index in [4.69, 9.17) is 4.84 Å². The number of hydrogen-bond acceptors (Lipinski definition) is 4. The summed E-state index contributed by atoms with van der Waals surface area (Å²) in [6.07, 6.45) is 2.89. The lowest BCUT2D eigenvalue weighted by atomic mass is 9.95. The number of imide groups is 1. The summed E-state index contributed by atoms with van der Waals surface area (Å²) in [6.45, 7) is 5.16. The van der Waals surface area contributed by atoms with Crippen molar-refractivity contribution in [2.45, 2.75) is 39.5 Å². The molecule has 6 heteroatoms. The molecule has 0 atom stereocenters. The van der Waals surface area contributed by atoms with Gasteiger partial charge in [-0.1, -0.05) is 56.0 Å². The maximum Gasteiger partial charge on any atom is 0.434 e. The fraction of sp³-hybridized carbons (Fsp3) is 0.381. The van der Waals surface area contributed by atoms with Crippen molar-refractivity contribution < 1.29 is 19.2 Å². The second-order valence-electron chi connectivity index (χ2n) is 6.67. The van der Waals surface area contributed by atoms with Crippen LogP contribution in [0.15, 0.2) is 36.4 Å². The SMILES string of the molecule is CCCCN(CCCC)C(=O)ON1C(=O)c2cccc3cccc(c23)C1=O. The first-order chi connectivity index (χ1) is 13.1. The van der Waals surface area contributed by atoms with Crippen LogP contribution in [0.1, 0.15) is 60.2 Å². The molecule has 1 aliphatic rings. The molecular formula is C21H24N2O4. The number of benzene rings is 2. The van der Waals surface area contributed by atoms with Gasteiger partial charge in [0.15, 0.2) is 0 Å². The van der Waals surface area contributed by atoms with Crippen LogP contribution in [0.2, 0.25) is 0 Å². The number of unbranched alkanes of at least 4 members (excludes halogenated alkanes) is 2. The molecule has 1 aliphatic heterocycles. The third-order valence-corrected chi connectivity index (χ3v) is 4.73. The van der Waals surface area contributed by atoms with Crippen LogP contribution in [0, 0.1) is 0 Å². The molecule has 0 aromatic heterocycles. The van der Waals surface area contributed by atoms with Crippen LogP contribution in [0.25, 0.3) is 10.8 Å². The Labute approximate surface area is 158 Å². The summed E-state index contributed by atoms with van der Waals surface area (Å²) in [7, 11) is 0. The van der Waals surface area contributed by atoms with Gasteiger partial charge in [-0.05, 0) is 30.4 Å². The standard InChI is InChI=1S/C21H24N2O4/c1-3-5-13-22(14-6-4-2)21(26)27-23-19(24)16-11-7-9-15-10-8-12-17(18(15)16)20(23)25/h7-12H,3-6,13-14H2,1-2H3. The third-order valence-electron chi connectivity index (χ3n) is 4.73. The van der Waals surface area contributed by atoms with Crippen molar-refractivity contribution in [3.8, 4) is 0 Å². The average Bonchev–Trinajstić information content (AvgIpc) is 2.69. The Kier molecular flexibility index (Phi) is 5.74. The van der Waals surface area contributed by atoms with Gasteiger partial charge in [-0.15, -0.1) is 0 Å². The largest absolute Gasteiger partial charge is 0.434 e. The van der Waals surface area contributed by atoms with Crippen LogP contribution in [0.5, 0.6) is 0 Å². The zero-order valence-electron chi connectivity index (χ0n) is 15.7. The van der Waals surface area contributed by atoms with E-state index in [0.717, 1.165) is 31.1 Å². The van der Waals surface area contributed by atoms with Gasteiger partial charge in [0, 0.05) is 18.5 Å². The number of carbonyl (C=O) groups excluding carboxylic acids is 3. The summed E-state index contributed by atoms with van der Waals surface area (Å²) in [5, 5.41) is 2.02. The van der Waals surface area contributed by atoms with E-state index < -0.39 is 17.9 Å². The van der Waals surface area contributed by atoms with Crippen LogP contribution in [0.3, 0.4) is 0 Å². The van der Waals surface area contributed by atoms with Crippen molar-refractivity contribution in [1.29, 1.82) is 0 Å². The van der Waals surface area contributed by atoms with Crippen LogP contribution >= 0.6 is 0 Å². The van der Waals surface area contributed by atoms with Crippen molar-refractivity contribution in [2.75, 3.05) is 13.1 Å². The summed E-state index contributed by atoms with van der Waals surface area (Å²) in [5.74, 6) is -1.22. The highest BCUT2D eigenvalue weighted by molar-refractivity contribution is 6.25. The minimum absolute atomic E-state index is 0.365. The van der Waals surface area contributed by atoms with Gasteiger partial charge >= 0.3 is 6.09 Å². The molecule has 0 N–H and O–H groups in total. The predicted molar refractivity (Wildman–Crippen MR) is 102 cm³/mol. The topological polar surface area (TPSA) is 66.9 Å². The van der Waals surface area contributed by atoms with Gasteiger partial charge in [0.1, 0.15) is 0 Å². The molecule has 27 heavy (non-hydrogen) atoms. The highest BCUT2D eigenvalue weighted by atomic mass is 16.7. The summed E-state index contributed by atoms with van der Waals surface area (Å²) in [5.41, 5.74) is 0.730. The molecule has 0 spiro atoms. The summed E-state index contributed by atoms with van der Waals surface area (Å²) in [4.78, 5) is 45.1. The summed E-state index contributed by atoms with van der Waals surface area (Å²) < 4.78 is 0. The lowest BCUT2D eigenvalue weighted by molar-refractivity contribution is -0.0613. The molecule has 1 heterocycles. The number of nitrogens with zero attached hydrogens (tertiary/aromatic N) is 2. The highest BCUT2D eigenvalue weighted by Crippen LogP contribution is 2.30. The van der Waals surface area contributed by atoms with Crippen LogP contribution < -0.4 is 0 Å². The van der Waals surface area contributed by atoms with Gasteiger partial charge in [0.05, 0.1) is 11.1 Å². The van der Waals surface area contributed by atoms with Crippen molar-refractivity contribution >= 4 is 28.7 Å². The van der Waals surface area contributed by atoms with Crippen LogP contribution in [0.4, 0.5) is 4.79 Å². The maximum absolute atomic E-state index is 12.8. The third kappa shape index (κ3) is 3.65. The molecule has 0 aliphatic carbocycles. The van der Waals surface area contributed by atoms with E-state index in [1.54, 1.807) is 29.2 Å². The Morgan fingerprint density at radius 3 is 1.93 bits per heavy atom. The molecule has 2 aromatic rings. The highest BCUT2D eigenvalue weighted by Gasteiger charge is 2.36. The van der Waals surface area contributed by atoms with E-state index in [0.29, 0.717) is 34.7 Å². The smallest absolute Gasteiger partial charge is 0.310 e. The Morgan fingerprint density at radius 2 is 1.44 bits per heavy atom. The lowest BCUT2D eigenvalue weighted by Gasteiger charge is -2.28. The molecule has 6 nitrogen and oxygen atoms in total. The first kappa shape index (κ1) is 18.9. The molecule has 3 amide bonds. The Hall–Kier alpha value is -2.89. The molecule has 0 fully saturated rings. The summed E-state index contributed by atoms with van der Waals surface area (Å²) >= 11 is 0. The quantitative estimate of drug-likeness (QED) is 0.680. The van der Waals surface area contributed by atoms with Crippen molar-refractivity contribution in [3.05, 3.63) is 47.5 Å². The lowest BCUT2D eigenvalue weighted by Crippen LogP contribution is -2.45. The van der Waals surface area contributed by atoms with Gasteiger partial charge in [-0.3, -0.25) is 9.59 Å². The van der Waals surface area contributed by atoms with E-state index in [1.165, 1.54) is 0 Å². The molecule has 2 aromatic carbocycles. The maximum atomic E-state index is 12.8. The number of amides is 3. The van der Waals surface area contributed by atoms with E-state index >= 15 is 0 Å². The van der Waals surface area contributed by atoms with Crippen LogP contribution in [-0.2, 0) is 4.84 Å². The zero-order valence-corrected chi connectivity index (χ0v) is 15.7. The van der Waals surface area contributed by atoms with E-state index in [1.807, 2.05) is 26.0 Å². The second kappa shape index (κ2) is 8.20. The number of rotatable bonds is 7. The van der Waals surface area contributed by atoms with Gasteiger partial charge in [0.2, 0.25) is 0 Å². The van der Waals surface area contributed by atoms with E-state index in [2.05, 4.69) is 0 Å². The predicted octanol–water partition coefficient (Wildman–Crippen LogP) is 4.39. The molecule has 3 rings (SSSR count). The van der Waals surface area contributed by atoms with Crippen LogP contribution in [-0.4, -0.2) is 41.0 Å². The van der Waals surface area contributed by atoms with Gasteiger partial charge in [-0.2, -0.15) is 0 Å². The monoisotopic (exact) mass is 368 g/mol. The molecule has 0 saturated heterocycles. The minimum atomic E-state index is -0.662. The Bertz CT molecular complexity index is 819. The normalized spacial score (nSPS) is 13.2. The zero-order chi connectivity index (χ0) is 19.4. The fourth-order valence-corrected chi connectivity index (χ4v) is 3.22. The minimum Gasteiger partial charge on any atom is -0.310 e. The fourth-order valence-electron chi connectivity index (χ4n) is 3.22. The first-order valence-electron chi connectivity index (χ1n) is 9.45. The molecular weight excluding hydrogens is 344 g/mol. The van der Waals surface area contributed by atoms with Gasteiger partial charge < -0.3 is 9.74 Å². The number of carbonyl (C=O) groups is 3. The van der Waals surface area contributed by atoms with E-state index in [-0.39, 0.29) is 0 Å². The molecule has 0 saturated carbocycles. The molecule has 0 unspecified atom stereocenters. The van der Waals surface area contributed by atoms with Crippen molar-refractivity contribution in [3.63, 3.8) is 0 Å². The Balaban J connectivity index is 1.86. The average molecular weight is 368 g/mol. The molecule has 0 bridgehead atoms.